The summed E-state index contributed by atoms with van der Waals surface area (Å²) in [7, 11) is 0. The molecule has 1 heterocycles. The summed E-state index contributed by atoms with van der Waals surface area (Å²) in [5, 5.41) is 10.7. The Bertz CT molecular complexity index is 441. The third-order valence-electron chi connectivity index (χ3n) is 3.97. The van der Waals surface area contributed by atoms with Crippen LogP contribution >= 0.6 is 31.9 Å². The average Bonchev–Trinajstić information content (AvgIpc) is 2.71. The van der Waals surface area contributed by atoms with Crippen LogP contribution in [0.15, 0.2) is 21.2 Å². The van der Waals surface area contributed by atoms with E-state index in [2.05, 4.69) is 43.8 Å². The van der Waals surface area contributed by atoms with Crippen molar-refractivity contribution in [1.82, 2.24) is 4.98 Å². The normalized spacial score (nSPS) is 29.5. The zero-order valence-electron chi connectivity index (χ0n) is 10.4. The quantitative estimate of drug-likeness (QED) is 0.848. The largest absolute Gasteiger partial charge is 0.386 e. The second-order valence-corrected chi connectivity index (χ2v) is 7.11. The van der Waals surface area contributed by atoms with Crippen molar-refractivity contribution >= 4 is 31.9 Å². The molecule has 18 heavy (non-hydrogen) atoms. The summed E-state index contributed by atoms with van der Waals surface area (Å²) in [5.41, 5.74) is 6.41. The second kappa shape index (κ2) is 5.57. The van der Waals surface area contributed by atoms with Crippen LogP contribution in [0.5, 0.6) is 0 Å². The van der Waals surface area contributed by atoms with Crippen LogP contribution in [0.25, 0.3) is 0 Å². The summed E-state index contributed by atoms with van der Waals surface area (Å²) in [6.07, 6.45) is 4.18. The summed E-state index contributed by atoms with van der Waals surface area (Å²) in [6, 6.07) is 1.91. The molecule has 2 rings (SSSR count). The molecule has 0 bridgehead atoms. The van der Waals surface area contributed by atoms with Gasteiger partial charge in [-0.25, -0.2) is 0 Å². The number of aliphatic hydroxyl groups excluding tert-OH is 1. The van der Waals surface area contributed by atoms with Crippen molar-refractivity contribution in [2.45, 2.75) is 32.3 Å². The molecule has 100 valence electrons. The lowest BCUT2D eigenvalue weighted by Gasteiger charge is -2.33. The van der Waals surface area contributed by atoms with E-state index in [1.165, 1.54) is 0 Å². The van der Waals surface area contributed by atoms with Gasteiger partial charge in [0.05, 0.1) is 5.69 Å². The Hall–Kier alpha value is 0.0300. The van der Waals surface area contributed by atoms with E-state index in [1.807, 2.05) is 6.07 Å². The van der Waals surface area contributed by atoms with Crippen molar-refractivity contribution in [3.8, 4) is 0 Å². The third kappa shape index (κ3) is 2.64. The lowest BCUT2D eigenvalue weighted by atomic mass is 9.78. The first kappa shape index (κ1) is 14.4. The molecule has 1 aromatic rings. The highest BCUT2D eigenvalue weighted by Crippen LogP contribution is 2.49. The van der Waals surface area contributed by atoms with E-state index in [1.54, 1.807) is 6.20 Å². The van der Waals surface area contributed by atoms with Crippen LogP contribution in [-0.4, -0.2) is 16.6 Å². The molecule has 3 unspecified atom stereocenters. The smallest absolute Gasteiger partial charge is 0.104 e. The lowest BCUT2D eigenvalue weighted by molar-refractivity contribution is 0.0269. The monoisotopic (exact) mass is 376 g/mol. The van der Waals surface area contributed by atoms with Crippen LogP contribution in [0.1, 0.15) is 38.0 Å². The van der Waals surface area contributed by atoms with Crippen molar-refractivity contribution in [2.75, 3.05) is 6.54 Å². The van der Waals surface area contributed by atoms with E-state index in [-0.39, 0.29) is 5.41 Å². The second-order valence-electron chi connectivity index (χ2n) is 5.34. The van der Waals surface area contributed by atoms with E-state index in [0.717, 1.165) is 28.2 Å². The van der Waals surface area contributed by atoms with Gasteiger partial charge in [-0.05, 0) is 56.7 Å². The molecule has 0 spiro atoms. The van der Waals surface area contributed by atoms with E-state index in [4.69, 9.17) is 5.73 Å². The van der Waals surface area contributed by atoms with Gasteiger partial charge in [-0.2, -0.15) is 0 Å². The number of hydrogen-bond acceptors (Lipinski definition) is 3. The van der Waals surface area contributed by atoms with Gasteiger partial charge in [0.25, 0.3) is 0 Å². The number of aliphatic hydroxyl groups is 1. The summed E-state index contributed by atoms with van der Waals surface area (Å²) in [6.45, 7) is 2.72. The average molecular weight is 378 g/mol. The van der Waals surface area contributed by atoms with Crippen molar-refractivity contribution in [3.63, 3.8) is 0 Å². The maximum absolute atomic E-state index is 10.7. The molecule has 0 radical (unpaired) electrons. The molecule has 3 N–H and O–H groups in total. The first-order valence-electron chi connectivity index (χ1n) is 6.17. The summed E-state index contributed by atoms with van der Waals surface area (Å²) in [5.74, 6) is 0.623. The van der Waals surface area contributed by atoms with E-state index in [0.29, 0.717) is 18.2 Å². The van der Waals surface area contributed by atoms with Gasteiger partial charge < -0.3 is 10.8 Å². The number of pyridine rings is 1. The molecule has 3 atom stereocenters. The van der Waals surface area contributed by atoms with Crippen molar-refractivity contribution in [1.29, 1.82) is 0 Å². The van der Waals surface area contributed by atoms with Gasteiger partial charge in [-0.15, -0.1) is 0 Å². The van der Waals surface area contributed by atoms with Crippen LogP contribution in [0, 0.1) is 11.3 Å². The highest BCUT2D eigenvalue weighted by Gasteiger charge is 2.44. The Morgan fingerprint density at radius 3 is 2.83 bits per heavy atom. The highest BCUT2D eigenvalue weighted by molar-refractivity contribution is 9.11. The first-order valence-corrected chi connectivity index (χ1v) is 7.76. The Morgan fingerprint density at radius 2 is 2.33 bits per heavy atom. The van der Waals surface area contributed by atoms with Crippen LogP contribution in [0.2, 0.25) is 0 Å². The van der Waals surface area contributed by atoms with Gasteiger partial charge in [0.1, 0.15) is 6.10 Å². The van der Waals surface area contributed by atoms with Crippen molar-refractivity contribution in [3.05, 3.63) is 26.9 Å². The predicted molar refractivity (Wildman–Crippen MR) is 79.1 cm³/mol. The van der Waals surface area contributed by atoms with Gasteiger partial charge in [0, 0.05) is 27.1 Å². The van der Waals surface area contributed by atoms with Crippen molar-refractivity contribution in [2.24, 2.45) is 17.1 Å². The maximum atomic E-state index is 10.7. The Morgan fingerprint density at radius 1 is 1.61 bits per heavy atom. The van der Waals surface area contributed by atoms with Crippen LogP contribution in [-0.2, 0) is 0 Å². The fraction of sp³-hybridized carbons (Fsp3) is 0.615. The van der Waals surface area contributed by atoms with Gasteiger partial charge in [0.2, 0.25) is 0 Å². The number of rotatable bonds is 3. The maximum Gasteiger partial charge on any atom is 0.104 e. The molecular weight excluding hydrogens is 360 g/mol. The number of aromatic nitrogens is 1. The summed E-state index contributed by atoms with van der Waals surface area (Å²) < 4.78 is 1.73. The first-order chi connectivity index (χ1) is 8.48. The molecule has 1 aromatic heterocycles. The molecule has 0 aliphatic heterocycles. The van der Waals surface area contributed by atoms with Gasteiger partial charge in [0.15, 0.2) is 0 Å². The van der Waals surface area contributed by atoms with E-state index < -0.39 is 6.10 Å². The van der Waals surface area contributed by atoms with Crippen molar-refractivity contribution < 1.29 is 5.11 Å². The van der Waals surface area contributed by atoms with E-state index in [9.17, 15) is 5.11 Å². The molecule has 0 saturated heterocycles. The van der Waals surface area contributed by atoms with Gasteiger partial charge in [-0.3, -0.25) is 4.98 Å². The number of halogens is 2. The van der Waals surface area contributed by atoms with Crippen LogP contribution in [0.3, 0.4) is 0 Å². The minimum Gasteiger partial charge on any atom is -0.386 e. The van der Waals surface area contributed by atoms with Crippen LogP contribution < -0.4 is 5.73 Å². The fourth-order valence-corrected chi connectivity index (χ4v) is 4.10. The summed E-state index contributed by atoms with van der Waals surface area (Å²) in [4.78, 5) is 4.34. The topological polar surface area (TPSA) is 59.1 Å². The zero-order chi connectivity index (χ0) is 13.3. The molecule has 3 nitrogen and oxygen atoms in total. The minimum atomic E-state index is -0.602. The minimum absolute atomic E-state index is 0.219. The third-order valence-corrected chi connectivity index (χ3v) is 5.04. The molecular formula is C13H18Br2N2O. The molecule has 1 fully saturated rings. The molecule has 0 aromatic carbocycles. The van der Waals surface area contributed by atoms with Gasteiger partial charge in [-0.1, -0.05) is 13.3 Å². The Kier molecular flexibility index (Phi) is 4.47. The summed E-state index contributed by atoms with van der Waals surface area (Å²) >= 11 is 6.84. The SMILES string of the molecule is CC1CCC(CN)(C(O)c2ncc(Br)cc2Br)C1. The zero-order valence-corrected chi connectivity index (χ0v) is 13.5. The molecule has 0 amide bonds. The molecule has 1 saturated carbocycles. The Balaban J connectivity index is 2.32. The Labute approximate surface area is 124 Å². The van der Waals surface area contributed by atoms with Crippen LogP contribution in [0.4, 0.5) is 0 Å². The number of hydrogen-bond donors (Lipinski definition) is 2. The number of nitrogens with two attached hydrogens (primary N) is 1. The standard InChI is InChI=1S/C13H18Br2N2O/c1-8-2-3-13(5-8,7-16)12(18)11-10(15)4-9(14)6-17-11/h4,6,8,12,18H,2-3,5,7,16H2,1H3. The number of nitrogens with zero attached hydrogens (tertiary/aromatic N) is 1. The lowest BCUT2D eigenvalue weighted by Crippen LogP contribution is -2.35. The highest BCUT2D eigenvalue weighted by atomic mass is 79.9. The molecule has 1 aliphatic rings. The predicted octanol–water partition coefficient (Wildman–Crippen LogP) is 3.41. The molecule has 1 aliphatic carbocycles. The fourth-order valence-electron chi connectivity index (χ4n) is 2.89. The molecule has 5 heteroatoms. The van der Waals surface area contributed by atoms with Gasteiger partial charge >= 0.3 is 0 Å². The van der Waals surface area contributed by atoms with E-state index >= 15 is 0 Å².